The Labute approximate surface area is 107 Å². The average Bonchev–Trinajstić information content (AvgIpc) is 2.72. The molecule has 0 aliphatic heterocycles. The van der Waals surface area contributed by atoms with Crippen molar-refractivity contribution in [1.82, 2.24) is 14.9 Å². The van der Waals surface area contributed by atoms with Crippen LogP contribution in [0.25, 0.3) is 0 Å². The molecule has 1 heterocycles. The molecule has 1 aromatic carbocycles. The van der Waals surface area contributed by atoms with E-state index in [2.05, 4.69) is 10.3 Å². The standard InChI is InChI=1S/C14H18FN3/c1-10-4-12(5-11(2)14(10)15)6-16-7-13-8-17-9-18(13)3/h4-5,8-9,16H,6-7H2,1-3H3. The average molecular weight is 247 g/mol. The lowest BCUT2D eigenvalue weighted by molar-refractivity contribution is 0.605. The monoisotopic (exact) mass is 247 g/mol. The zero-order valence-corrected chi connectivity index (χ0v) is 11.0. The van der Waals surface area contributed by atoms with Crippen molar-refractivity contribution in [2.45, 2.75) is 26.9 Å². The summed E-state index contributed by atoms with van der Waals surface area (Å²) in [7, 11) is 1.97. The van der Waals surface area contributed by atoms with Crippen molar-refractivity contribution < 1.29 is 4.39 Å². The van der Waals surface area contributed by atoms with Crippen LogP contribution in [-0.2, 0) is 20.1 Å². The lowest BCUT2D eigenvalue weighted by Gasteiger charge is -2.08. The first-order valence-corrected chi connectivity index (χ1v) is 5.99. The molecule has 96 valence electrons. The summed E-state index contributed by atoms with van der Waals surface area (Å²) < 4.78 is 15.5. The van der Waals surface area contributed by atoms with Gasteiger partial charge in [-0.1, -0.05) is 12.1 Å². The predicted molar refractivity (Wildman–Crippen MR) is 69.6 cm³/mol. The molecule has 0 saturated heterocycles. The maximum atomic E-state index is 13.5. The van der Waals surface area contributed by atoms with E-state index >= 15 is 0 Å². The van der Waals surface area contributed by atoms with E-state index in [9.17, 15) is 4.39 Å². The van der Waals surface area contributed by atoms with Crippen molar-refractivity contribution in [2.24, 2.45) is 7.05 Å². The third-order valence-corrected chi connectivity index (χ3v) is 3.05. The number of hydrogen-bond donors (Lipinski definition) is 1. The van der Waals surface area contributed by atoms with Gasteiger partial charge in [-0.2, -0.15) is 0 Å². The van der Waals surface area contributed by atoms with Crippen LogP contribution in [0.15, 0.2) is 24.7 Å². The van der Waals surface area contributed by atoms with E-state index in [0.29, 0.717) is 11.1 Å². The second kappa shape index (κ2) is 5.31. The number of rotatable bonds is 4. The van der Waals surface area contributed by atoms with E-state index in [1.807, 2.05) is 29.9 Å². The molecule has 0 spiro atoms. The van der Waals surface area contributed by atoms with Gasteiger partial charge in [-0.3, -0.25) is 0 Å². The van der Waals surface area contributed by atoms with Crippen LogP contribution in [0.4, 0.5) is 4.39 Å². The van der Waals surface area contributed by atoms with Gasteiger partial charge in [-0.05, 0) is 30.5 Å². The number of nitrogens with zero attached hydrogens (tertiary/aromatic N) is 2. The summed E-state index contributed by atoms with van der Waals surface area (Å²) in [5.74, 6) is -0.106. The topological polar surface area (TPSA) is 29.9 Å². The maximum Gasteiger partial charge on any atom is 0.129 e. The van der Waals surface area contributed by atoms with E-state index in [1.54, 1.807) is 20.2 Å². The molecule has 1 aromatic heterocycles. The molecule has 0 atom stereocenters. The Bertz CT molecular complexity index is 523. The fourth-order valence-electron chi connectivity index (χ4n) is 2.03. The van der Waals surface area contributed by atoms with Gasteiger partial charge < -0.3 is 9.88 Å². The van der Waals surface area contributed by atoms with Crippen molar-refractivity contribution in [3.63, 3.8) is 0 Å². The van der Waals surface area contributed by atoms with Gasteiger partial charge >= 0.3 is 0 Å². The van der Waals surface area contributed by atoms with Crippen LogP contribution >= 0.6 is 0 Å². The quantitative estimate of drug-likeness (QED) is 0.899. The molecule has 4 heteroatoms. The molecule has 18 heavy (non-hydrogen) atoms. The van der Waals surface area contributed by atoms with E-state index < -0.39 is 0 Å². The minimum absolute atomic E-state index is 0.106. The maximum absolute atomic E-state index is 13.5. The fraction of sp³-hybridized carbons (Fsp3) is 0.357. The third kappa shape index (κ3) is 2.76. The highest BCUT2D eigenvalue weighted by Crippen LogP contribution is 2.14. The molecule has 3 nitrogen and oxygen atoms in total. The highest BCUT2D eigenvalue weighted by molar-refractivity contribution is 5.30. The lowest BCUT2D eigenvalue weighted by Crippen LogP contribution is -2.15. The minimum Gasteiger partial charge on any atom is -0.337 e. The van der Waals surface area contributed by atoms with E-state index in [4.69, 9.17) is 0 Å². The summed E-state index contributed by atoms with van der Waals surface area (Å²) in [6.45, 7) is 5.08. The van der Waals surface area contributed by atoms with Gasteiger partial charge in [-0.25, -0.2) is 9.37 Å². The van der Waals surface area contributed by atoms with Crippen molar-refractivity contribution in [2.75, 3.05) is 0 Å². The Hall–Kier alpha value is -1.68. The number of benzene rings is 1. The highest BCUT2D eigenvalue weighted by Gasteiger charge is 2.04. The van der Waals surface area contributed by atoms with Gasteiger partial charge in [0, 0.05) is 26.3 Å². The van der Waals surface area contributed by atoms with Crippen LogP contribution in [0.1, 0.15) is 22.4 Å². The van der Waals surface area contributed by atoms with Crippen LogP contribution in [0.3, 0.4) is 0 Å². The number of hydrogen-bond acceptors (Lipinski definition) is 2. The van der Waals surface area contributed by atoms with Gasteiger partial charge in [0.15, 0.2) is 0 Å². The molecule has 2 aromatic rings. The molecule has 2 rings (SSSR count). The Kier molecular flexibility index (Phi) is 3.77. The smallest absolute Gasteiger partial charge is 0.129 e. The van der Waals surface area contributed by atoms with Crippen molar-refractivity contribution in [3.05, 3.63) is 52.9 Å². The summed E-state index contributed by atoms with van der Waals surface area (Å²) in [6.07, 6.45) is 3.62. The molecule has 1 N–H and O–H groups in total. The van der Waals surface area contributed by atoms with Crippen LogP contribution in [-0.4, -0.2) is 9.55 Å². The summed E-state index contributed by atoms with van der Waals surface area (Å²) in [5, 5.41) is 3.34. The van der Waals surface area contributed by atoms with Crippen LogP contribution in [0.5, 0.6) is 0 Å². The molecule has 0 radical (unpaired) electrons. The Morgan fingerprint density at radius 2 is 1.89 bits per heavy atom. The first-order chi connectivity index (χ1) is 8.58. The van der Waals surface area contributed by atoms with Crippen LogP contribution < -0.4 is 5.32 Å². The minimum atomic E-state index is -0.106. The van der Waals surface area contributed by atoms with Gasteiger partial charge in [0.25, 0.3) is 0 Å². The highest BCUT2D eigenvalue weighted by atomic mass is 19.1. The number of aryl methyl sites for hydroxylation is 3. The van der Waals surface area contributed by atoms with Crippen molar-refractivity contribution >= 4 is 0 Å². The Morgan fingerprint density at radius 3 is 2.44 bits per heavy atom. The number of aromatic nitrogens is 2. The Balaban J connectivity index is 1.97. The second-order valence-corrected chi connectivity index (χ2v) is 4.64. The van der Waals surface area contributed by atoms with Crippen LogP contribution in [0, 0.1) is 19.7 Å². The summed E-state index contributed by atoms with van der Waals surface area (Å²) >= 11 is 0. The van der Waals surface area contributed by atoms with Crippen LogP contribution in [0.2, 0.25) is 0 Å². The first kappa shape index (κ1) is 12.8. The predicted octanol–water partition coefficient (Wildman–Crippen LogP) is 2.47. The van der Waals surface area contributed by atoms with Crippen molar-refractivity contribution in [1.29, 1.82) is 0 Å². The molecule has 0 saturated carbocycles. The van der Waals surface area contributed by atoms with Gasteiger partial charge in [-0.15, -0.1) is 0 Å². The molecule has 0 aliphatic rings. The summed E-state index contributed by atoms with van der Waals surface area (Å²) in [5.41, 5.74) is 3.64. The van der Waals surface area contributed by atoms with Crippen molar-refractivity contribution in [3.8, 4) is 0 Å². The first-order valence-electron chi connectivity index (χ1n) is 5.99. The molecule has 0 unspecified atom stereocenters. The number of halogens is 1. The SMILES string of the molecule is Cc1cc(CNCc2cncn2C)cc(C)c1F. The zero-order chi connectivity index (χ0) is 13.1. The van der Waals surface area contributed by atoms with Gasteiger partial charge in [0.2, 0.25) is 0 Å². The van der Waals surface area contributed by atoms with Gasteiger partial charge in [0.05, 0.1) is 12.0 Å². The molecule has 0 fully saturated rings. The summed E-state index contributed by atoms with van der Waals surface area (Å²) in [6, 6.07) is 3.77. The number of imidazole rings is 1. The molecule has 0 amide bonds. The van der Waals surface area contributed by atoms with E-state index in [-0.39, 0.29) is 5.82 Å². The molecule has 0 aliphatic carbocycles. The lowest BCUT2D eigenvalue weighted by atomic mass is 10.1. The van der Waals surface area contributed by atoms with Gasteiger partial charge in [0.1, 0.15) is 5.82 Å². The largest absolute Gasteiger partial charge is 0.337 e. The fourth-order valence-corrected chi connectivity index (χ4v) is 2.03. The zero-order valence-electron chi connectivity index (χ0n) is 11.0. The Morgan fingerprint density at radius 1 is 1.22 bits per heavy atom. The molecular weight excluding hydrogens is 229 g/mol. The number of nitrogens with one attached hydrogen (secondary N) is 1. The second-order valence-electron chi connectivity index (χ2n) is 4.64. The third-order valence-electron chi connectivity index (χ3n) is 3.05. The molecular formula is C14H18FN3. The van der Waals surface area contributed by atoms with E-state index in [0.717, 1.165) is 24.3 Å². The van der Waals surface area contributed by atoms with E-state index in [1.165, 1.54) is 0 Å². The molecule has 0 bridgehead atoms. The summed E-state index contributed by atoms with van der Waals surface area (Å²) in [4.78, 5) is 4.06. The normalized spacial score (nSPS) is 10.9.